The van der Waals surface area contributed by atoms with Crippen LogP contribution in [0.5, 0.6) is 0 Å². The van der Waals surface area contributed by atoms with Gasteiger partial charge in [0.15, 0.2) is 0 Å². The second-order valence-electron chi connectivity index (χ2n) is 5.03. The molecule has 2 aliphatic rings. The van der Waals surface area contributed by atoms with Gasteiger partial charge in [0.05, 0.1) is 0 Å². The summed E-state index contributed by atoms with van der Waals surface area (Å²) in [5.41, 5.74) is 7.93. The molecule has 1 aromatic rings. The third-order valence-corrected chi connectivity index (χ3v) is 5.19. The molecule has 2 aliphatic carbocycles. The smallest absolute Gasteiger partial charge is 0.0473 e. The highest BCUT2D eigenvalue weighted by molar-refractivity contribution is 7.99. The van der Waals surface area contributed by atoms with Gasteiger partial charge in [0, 0.05) is 10.4 Å². The van der Waals surface area contributed by atoms with Crippen molar-refractivity contribution in [1.29, 1.82) is 0 Å². The van der Waals surface area contributed by atoms with E-state index in [0.29, 0.717) is 0 Å². The van der Waals surface area contributed by atoms with E-state index < -0.39 is 0 Å². The van der Waals surface area contributed by atoms with Gasteiger partial charge in [0.25, 0.3) is 0 Å². The lowest BCUT2D eigenvalue weighted by atomic mass is 9.97. The Balaban J connectivity index is 1.80. The van der Waals surface area contributed by atoms with Crippen molar-refractivity contribution in [2.24, 2.45) is 17.6 Å². The van der Waals surface area contributed by atoms with Crippen molar-refractivity contribution in [2.75, 3.05) is 5.75 Å². The maximum Gasteiger partial charge on any atom is 0.0473 e. The van der Waals surface area contributed by atoms with Crippen LogP contribution < -0.4 is 5.73 Å². The van der Waals surface area contributed by atoms with Crippen LogP contribution in [0.25, 0.3) is 0 Å². The summed E-state index contributed by atoms with van der Waals surface area (Å²) in [5.74, 6) is 2.69. The summed E-state index contributed by atoms with van der Waals surface area (Å²) in [7, 11) is 0. The number of benzene rings is 1. The number of hydrogen-bond acceptors (Lipinski definition) is 2. The molecule has 1 nitrogen and oxygen atoms in total. The van der Waals surface area contributed by atoms with Crippen LogP contribution in [0.3, 0.4) is 0 Å². The number of rotatable bonds is 3. The van der Waals surface area contributed by atoms with Gasteiger partial charge in [-0.1, -0.05) is 25.5 Å². The van der Waals surface area contributed by atoms with Gasteiger partial charge in [-0.25, -0.2) is 0 Å². The monoisotopic (exact) mass is 233 g/mol. The summed E-state index contributed by atoms with van der Waals surface area (Å²) in [6, 6.07) is 8.95. The van der Waals surface area contributed by atoms with E-state index in [4.69, 9.17) is 5.73 Å². The molecule has 2 atom stereocenters. The van der Waals surface area contributed by atoms with Crippen LogP contribution >= 0.6 is 11.8 Å². The Morgan fingerprint density at radius 3 is 2.44 bits per heavy atom. The number of hydrogen-bond donors (Lipinski definition) is 1. The first-order valence-corrected chi connectivity index (χ1v) is 7.27. The molecule has 1 aromatic carbocycles. The molecule has 0 aliphatic heterocycles. The second kappa shape index (κ2) is 3.78. The normalized spacial score (nSPS) is 36.1. The average molecular weight is 233 g/mol. The third kappa shape index (κ3) is 1.43. The fraction of sp³-hybridized carbons (Fsp3) is 0.571. The largest absolute Gasteiger partial charge is 0.321 e. The van der Waals surface area contributed by atoms with Crippen LogP contribution in [0.2, 0.25) is 0 Å². The number of nitrogens with two attached hydrogens (primary N) is 1. The molecule has 2 N–H and O–H groups in total. The van der Waals surface area contributed by atoms with Crippen LogP contribution in [0.4, 0.5) is 0 Å². The molecule has 0 bridgehead atoms. The summed E-state index contributed by atoms with van der Waals surface area (Å²) in [6.07, 6.45) is 4.07. The molecule has 0 spiro atoms. The van der Waals surface area contributed by atoms with E-state index in [2.05, 4.69) is 31.2 Å². The Morgan fingerprint density at radius 2 is 1.88 bits per heavy atom. The maximum absolute atomic E-state index is 6.53. The molecule has 0 saturated heterocycles. The Kier molecular flexibility index (Phi) is 2.52. The van der Waals surface area contributed by atoms with E-state index in [9.17, 15) is 0 Å². The van der Waals surface area contributed by atoms with Crippen molar-refractivity contribution in [3.05, 3.63) is 29.8 Å². The molecule has 86 valence electrons. The fourth-order valence-electron chi connectivity index (χ4n) is 3.44. The van der Waals surface area contributed by atoms with Crippen LogP contribution in [-0.4, -0.2) is 5.75 Å². The van der Waals surface area contributed by atoms with Gasteiger partial charge in [-0.15, -0.1) is 11.8 Å². The Hall–Kier alpha value is -0.470. The Bertz CT molecular complexity index is 374. The van der Waals surface area contributed by atoms with E-state index in [1.807, 2.05) is 11.8 Å². The number of thioether (sulfide) groups is 1. The predicted octanol–water partition coefficient (Wildman–Crippen LogP) is 3.38. The molecule has 2 unspecified atom stereocenters. The van der Waals surface area contributed by atoms with Gasteiger partial charge < -0.3 is 5.73 Å². The van der Waals surface area contributed by atoms with E-state index in [-0.39, 0.29) is 5.54 Å². The molecule has 0 heterocycles. The third-order valence-electron chi connectivity index (χ3n) is 4.30. The van der Waals surface area contributed by atoms with Gasteiger partial charge in [-0.3, -0.25) is 0 Å². The van der Waals surface area contributed by atoms with Crippen molar-refractivity contribution < 1.29 is 0 Å². The van der Waals surface area contributed by atoms with Crippen LogP contribution in [0.15, 0.2) is 29.2 Å². The molecular formula is C14H19NS. The average Bonchev–Trinajstić information content (AvgIpc) is 2.68. The Morgan fingerprint density at radius 1 is 1.25 bits per heavy atom. The SMILES string of the molecule is CCSc1ccc(C2(N)C3CCCC32)cc1. The van der Waals surface area contributed by atoms with Gasteiger partial charge in [0.2, 0.25) is 0 Å². The molecule has 0 aromatic heterocycles. The summed E-state index contributed by atoms with van der Waals surface area (Å²) in [5, 5.41) is 0. The summed E-state index contributed by atoms with van der Waals surface area (Å²) >= 11 is 1.90. The van der Waals surface area contributed by atoms with Gasteiger partial charge in [0.1, 0.15) is 0 Å². The molecule has 0 amide bonds. The molecule has 3 rings (SSSR count). The zero-order valence-electron chi connectivity index (χ0n) is 9.78. The van der Waals surface area contributed by atoms with Crippen molar-refractivity contribution in [1.82, 2.24) is 0 Å². The standard InChI is InChI=1S/C14H19NS/c1-2-16-11-8-6-10(7-9-11)14(15)12-4-3-5-13(12)14/h6-9,12-13H,2-5,15H2,1H3. The van der Waals surface area contributed by atoms with Crippen molar-refractivity contribution in [3.63, 3.8) is 0 Å². The second-order valence-corrected chi connectivity index (χ2v) is 6.37. The minimum atomic E-state index is 0.0354. The lowest BCUT2D eigenvalue weighted by molar-refractivity contribution is 0.526. The molecule has 2 saturated carbocycles. The minimum absolute atomic E-state index is 0.0354. The maximum atomic E-state index is 6.53. The number of fused-ring (bicyclic) bond motifs is 1. The summed E-state index contributed by atoms with van der Waals surface area (Å²) in [6.45, 7) is 2.19. The van der Waals surface area contributed by atoms with Crippen LogP contribution in [0, 0.1) is 11.8 Å². The summed E-state index contributed by atoms with van der Waals surface area (Å²) in [4.78, 5) is 1.36. The van der Waals surface area contributed by atoms with Crippen LogP contribution in [-0.2, 0) is 5.54 Å². The molecule has 2 heteroatoms. The quantitative estimate of drug-likeness (QED) is 0.810. The van der Waals surface area contributed by atoms with E-state index in [1.54, 1.807) is 0 Å². The molecular weight excluding hydrogens is 214 g/mol. The highest BCUT2D eigenvalue weighted by atomic mass is 32.2. The first-order chi connectivity index (χ1) is 7.76. The topological polar surface area (TPSA) is 26.0 Å². The van der Waals surface area contributed by atoms with Gasteiger partial charge in [-0.05, 0) is 48.1 Å². The van der Waals surface area contributed by atoms with Crippen LogP contribution in [0.1, 0.15) is 31.7 Å². The summed E-state index contributed by atoms with van der Waals surface area (Å²) < 4.78 is 0. The minimum Gasteiger partial charge on any atom is -0.321 e. The highest BCUT2D eigenvalue weighted by Gasteiger charge is 2.64. The molecule has 2 fully saturated rings. The first-order valence-electron chi connectivity index (χ1n) is 6.29. The zero-order chi connectivity index (χ0) is 11.2. The van der Waals surface area contributed by atoms with Crippen molar-refractivity contribution >= 4 is 11.8 Å². The van der Waals surface area contributed by atoms with E-state index >= 15 is 0 Å². The van der Waals surface area contributed by atoms with Gasteiger partial charge in [-0.2, -0.15) is 0 Å². The Labute approximate surface area is 102 Å². The zero-order valence-corrected chi connectivity index (χ0v) is 10.6. The van der Waals surface area contributed by atoms with Gasteiger partial charge >= 0.3 is 0 Å². The van der Waals surface area contributed by atoms with Crippen molar-refractivity contribution in [3.8, 4) is 0 Å². The highest BCUT2D eigenvalue weighted by Crippen LogP contribution is 2.64. The molecule has 0 radical (unpaired) electrons. The fourth-order valence-corrected chi connectivity index (χ4v) is 4.10. The lowest BCUT2D eigenvalue weighted by Crippen LogP contribution is -2.25. The lowest BCUT2D eigenvalue weighted by Gasteiger charge is -2.16. The van der Waals surface area contributed by atoms with Crippen molar-refractivity contribution in [2.45, 2.75) is 36.6 Å². The van der Waals surface area contributed by atoms with E-state index in [0.717, 1.165) is 17.6 Å². The van der Waals surface area contributed by atoms with E-state index in [1.165, 1.54) is 29.7 Å². The molecule has 16 heavy (non-hydrogen) atoms. The first kappa shape index (κ1) is 10.7. The predicted molar refractivity (Wildman–Crippen MR) is 69.5 cm³/mol.